The Kier molecular flexibility index (Phi) is 11.0. The average molecular weight is 665 g/mol. The summed E-state index contributed by atoms with van der Waals surface area (Å²) in [5.41, 5.74) is 4.48. The van der Waals surface area contributed by atoms with Crippen molar-refractivity contribution in [3.8, 4) is 0 Å². The summed E-state index contributed by atoms with van der Waals surface area (Å²) in [6.07, 6.45) is -3.02. The molecule has 5 atom stereocenters. The summed E-state index contributed by atoms with van der Waals surface area (Å²) in [5, 5.41) is 2.22. The van der Waals surface area contributed by atoms with Crippen LogP contribution in [0.3, 0.4) is 0 Å². The van der Waals surface area contributed by atoms with Crippen molar-refractivity contribution in [3.05, 3.63) is 192 Å². The summed E-state index contributed by atoms with van der Waals surface area (Å²) in [5.74, 6) is -0.428. The number of ether oxygens (including phenoxy) is 5. The van der Waals surface area contributed by atoms with E-state index in [1.165, 1.54) is 0 Å². The summed E-state index contributed by atoms with van der Waals surface area (Å²) in [6, 6.07) is 53.7. The van der Waals surface area contributed by atoms with Crippen molar-refractivity contribution in [1.29, 1.82) is 0 Å². The first-order valence-electron chi connectivity index (χ1n) is 17.0. The molecule has 0 radical (unpaired) electrons. The zero-order chi connectivity index (χ0) is 34.0. The van der Waals surface area contributed by atoms with Crippen LogP contribution in [0.1, 0.15) is 38.7 Å². The molecule has 0 spiro atoms. The molecular formula is C44H40O6. The number of esters is 1. The van der Waals surface area contributed by atoms with Crippen molar-refractivity contribution >= 4 is 16.7 Å². The molecule has 0 amide bonds. The first-order chi connectivity index (χ1) is 24.7. The van der Waals surface area contributed by atoms with Crippen LogP contribution in [-0.4, -0.2) is 37.0 Å². The Hall–Kier alpha value is -5.11. The Labute approximate surface area is 293 Å². The average Bonchev–Trinajstić information content (AvgIpc) is 3.19. The third kappa shape index (κ3) is 8.36. The van der Waals surface area contributed by atoms with Gasteiger partial charge in [-0.1, -0.05) is 146 Å². The first kappa shape index (κ1) is 33.4. The lowest BCUT2D eigenvalue weighted by Gasteiger charge is -2.46. The molecule has 1 saturated heterocycles. The van der Waals surface area contributed by atoms with Gasteiger partial charge in [0.05, 0.1) is 25.4 Å². The largest absolute Gasteiger partial charge is 0.459 e. The molecule has 0 aliphatic carbocycles. The van der Waals surface area contributed by atoms with E-state index in [1.54, 1.807) is 12.1 Å². The molecular weight excluding hydrogens is 624 g/mol. The Morgan fingerprint density at radius 3 is 1.56 bits per heavy atom. The molecule has 252 valence electrons. The van der Waals surface area contributed by atoms with E-state index in [9.17, 15) is 4.79 Å². The second-order valence-electron chi connectivity index (χ2n) is 12.4. The summed E-state index contributed by atoms with van der Waals surface area (Å²) in [7, 11) is 0. The van der Waals surface area contributed by atoms with Gasteiger partial charge in [-0.3, -0.25) is 0 Å². The van der Waals surface area contributed by atoms with Gasteiger partial charge in [0.1, 0.15) is 37.1 Å². The highest BCUT2D eigenvalue weighted by Crippen LogP contribution is 2.39. The third-order valence-electron chi connectivity index (χ3n) is 8.98. The fraction of sp³-hybridized carbons (Fsp3) is 0.205. The molecule has 0 N–H and O–H groups in total. The lowest BCUT2D eigenvalue weighted by atomic mass is 9.89. The molecule has 7 rings (SSSR count). The lowest BCUT2D eigenvalue weighted by molar-refractivity contribution is -0.272. The van der Waals surface area contributed by atoms with E-state index in [4.69, 9.17) is 23.7 Å². The monoisotopic (exact) mass is 664 g/mol. The minimum absolute atomic E-state index is 0.0339. The summed E-state index contributed by atoms with van der Waals surface area (Å²) in [4.78, 5) is 13.2. The number of hydrogen-bond acceptors (Lipinski definition) is 6. The van der Waals surface area contributed by atoms with Gasteiger partial charge < -0.3 is 23.7 Å². The van der Waals surface area contributed by atoms with Crippen LogP contribution >= 0.6 is 0 Å². The van der Waals surface area contributed by atoms with Gasteiger partial charge in [-0.15, -0.1) is 0 Å². The molecule has 0 unspecified atom stereocenters. The number of fused-ring (bicyclic) bond motifs is 1. The van der Waals surface area contributed by atoms with Crippen LogP contribution in [-0.2, 0) is 43.5 Å². The van der Waals surface area contributed by atoms with Gasteiger partial charge in [0, 0.05) is 0 Å². The van der Waals surface area contributed by atoms with Crippen molar-refractivity contribution in [2.45, 2.75) is 50.3 Å². The van der Waals surface area contributed by atoms with Crippen molar-refractivity contribution in [3.63, 3.8) is 0 Å². The minimum atomic E-state index is -0.666. The van der Waals surface area contributed by atoms with Gasteiger partial charge in [-0.2, -0.15) is 0 Å². The maximum atomic E-state index is 13.2. The van der Waals surface area contributed by atoms with Crippen molar-refractivity contribution in [2.75, 3.05) is 6.61 Å². The van der Waals surface area contributed by atoms with Crippen LogP contribution < -0.4 is 0 Å². The van der Waals surface area contributed by atoms with E-state index in [0.717, 1.165) is 33.0 Å². The molecule has 0 bridgehead atoms. The van der Waals surface area contributed by atoms with E-state index in [-0.39, 0.29) is 6.61 Å². The number of benzene rings is 6. The SMILES string of the molecule is O=C(OC[C@H]1O[C@H](c2ccc3ccccc3c2)[C@@H](OCc2ccccc2)[C@@H](OCc2ccccc2)[C@@H]1OCc1ccccc1)c1ccccc1. The number of carbonyl (C=O) groups excluding carboxylic acids is 1. The Morgan fingerprint density at radius 2 is 0.980 bits per heavy atom. The van der Waals surface area contributed by atoms with Crippen LogP contribution in [0.4, 0.5) is 0 Å². The minimum Gasteiger partial charge on any atom is -0.459 e. The van der Waals surface area contributed by atoms with Gasteiger partial charge in [-0.05, 0) is 51.2 Å². The zero-order valence-electron chi connectivity index (χ0n) is 27.8. The van der Waals surface area contributed by atoms with E-state index in [0.29, 0.717) is 25.4 Å². The quantitative estimate of drug-likeness (QED) is 0.115. The molecule has 1 heterocycles. The van der Waals surface area contributed by atoms with Crippen LogP contribution in [0.25, 0.3) is 10.8 Å². The van der Waals surface area contributed by atoms with E-state index in [1.807, 2.05) is 121 Å². The van der Waals surface area contributed by atoms with E-state index in [2.05, 4.69) is 30.3 Å². The number of hydrogen-bond donors (Lipinski definition) is 0. The molecule has 1 fully saturated rings. The second-order valence-corrected chi connectivity index (χ2v) is 12.4. The topological polar surface area (TPSA) is 63.2 Å². The predicted octanol–water partition coefficient (Wildman–Crippen LogP) is 8.89. The molecule has 0 aromatic heterocycles. The fourth-order valence-corrected chi connectivity index (χ4v) is 6.39. The molecule has 6 heteroatoms. The fourth-order valence-electron chi connectivity index (χ4n) is 6.39. The van der Waals surface area contributed by atoms with Crippen LogP contribution in [0.15, 0.2) is 164 Å². The van der Waals surface area contributed by atoms with Gasteiger partial charge in [0.25, 0.3) is 0 Å². The predicted molar refractivity (Wildman–Crippen MR) is 193 cm³/mol. The maximum absolute atomic E-state index is 13.2. The summed E-state index contributed by atoms with van der Waals surface area (Å²) < 4.78 is 33.4. The van der Waals surface area contributed by atoms with E-state index < -0.39 is 36.5 Å². The standard InChI is InChI=1S/C44H40O6/c45-44(36-22-11-4-12-23-36)49-31-39-41(46-28-32-15-5-1-6-16-32)43(48-30-34-19-9-3-10-20-34)42(47-29-33-17-7-2-8-18-33)40(50-39)38-26-25-35-21-13-14-24-37(35)27-38/h1-27,39-43H,28-31H2/t39-,40-,41-,42-,43+/m1/s1. The molecule has 0 saturated carbocycles. The van der Waals surface area contributed by atoms with E-state index >= 15 is 0 Å². The molecule has 6 nitrogen and oxygen atoms in total. The maximum Gasteiger partial charge on any atom is 0.338 e. The third-order valence-corrected chi connectivity index (χ3v) is 8.98. The highest BCUT2D eigenvalue weighted by atomic mass is 16.6. The molecule has 50 heavy (non-hydrogen) atoms. The second kappa shape index (κ2) is 16.5. The number of rotatable bonds is 13. The van der Waals surface area contributed by atoms with Gasteiger partial charge in [0.2, 0.25) is 0 Å². The molecule has 1 aliphatic rings. The summed E-state index contributed by atoms with van der Waals surface area (Å²) >= 11 is 0. The highest BCUT2D eigenvalue weighted by Gasteiger charge is 2.49. The van der Waals surface area contributed by atoms with Crippen molar-refractivity contribution in [2.24, 2.45) is 0 Å². The first-order valence-corrected chi connectivity index (χ1v) is 17.0. The Morgan fingerprint density at radius 1 is 0.500 bits per heavy atom. The Bertz CT molecular complexity index is 1930. The zero-order valence-corrected chi connectivity index (χ0v) is 27.8. The van der Waals surface area contributed by atoms with Gasteiger partial charge in [-0.25, -0.2) is 4.79 Å². The van der Waals surface area contributed by atoms with Crippen LogP contribution in [0, 0.1) is 0 Å². The van der Waals surface area contributed by atoms with Crippen LogP contribution in [0.2, 0.25) is 0 Å². The Balaban J connectivity index is 1.27. The van der Waals surface area contributed by atoms with Crippen molar-refractivity contribution < 1.29 is 28.5 Å². The molecule has 1 aliphatic heterocycles. The van der Waals surface area contributed by atoms with Crippen molar-refractivity contribution in [1.82, 2.24) is 0 Å². The lowest BCUT2D eigenvalue weighted by Crippen LogP contribution is -2.58. The van der Waals surface area contributed by atoms with Crippen LogP contribution in [0.5, 0.6) is 0 Å². The molecule has 6 aromatic rings. The molecule has 6 aromatic carbocycles. The highest BCUT2D eigenvalue weighted by molar-refractivity contribution is 5.89. The van der Waals surface area contributed by atoms with Gasteiger partial charge >= 0.3 is 5.97 Å². The van der Waals surface area contributed by atoms with Gasteiger partial charge in [0.15, 0.2) is 0 Å². The normalized spacial score (nSPS) is 20.4. The smallest absolute Gasteiger partial charge is 0.338 e. The number of carbonyl (C=O) groups is 1. The summed E-state index contributed by atoms with van der Waals surface area (Å²) in [6.45, 7) is 0.967.